The lowest BCUT2D eigenvalue weighted by Crippen LogP contribution is -2.57. The lowest BCUT2D eigenvalue weighted by atomic mass is 9.78. The largest absolute Gasteiger partial charge is 0.328 e. The van der Waals surface area contributed by atoms with Crippen LogP contribution in [0.4, 0.5) is 4.79 Å². The Morgan fingerprint density at radius 2 is 1.62 bits per heavy atom. The van der Waals surface area contributed by atoms with Gasteiger partial charge in [0.25, 0.3) is 0 Å². The molecule has 6 nitrogen and oxygen atoms in total. The van der Waals surface area contributed by atoms with Gasteiger partial charge in [0.2, 0.25) is 11.8 Å². The van der Waals surface area contributed by atoms with E-state index in [9.17, 15) is 14.4 Å². The van der Waals surface area contributed by atoms with Crippen LogP contribution in [0.25, 0.3) is 0 Å². The molecule has 0 aliphatic carbocycles. The summed E-state index contributed by atoms with van der Waals surface area (Å²) in [6.45, 7) is 2.28. The molecule has 2 unspecified atom stereocenters. The normalized spacial score (nSPS) is 31.0. The number of barbiturate groups is 1. The number of imide groups is 2. The zero-order valence-electron chi connectivity index (χ0n) is 12.0. The fourth-order valence-electron chi connectivity index (χ4n) is 3.92. The molecule has 0 radical (unpaired) electrons. The van der Waals surface area contributed by atoms with E-state index < -0.39 is 23.8 Å². The molecule has 21 heavy (non-hydrogen) atoms. The van der Waals surface area contributed by atoms with Gasteiger partial charge < -0.3 is 4.90 Å². The van der Waals surface area contributed by atoms with Crippen molar-refractivity contribution in [3.05, 3.63) is 0 Å². The lowest BCUT2D eigenvalue weighted by Gasteiger charge is -2.45. The first-order valence-corrected chi connectivity index (χ1v) is 7.55. The summed E-state index contributed by atoms with van der Waals surface area (Å²) in [4.78, 5) is 37.3. The summed E-state index contributed by atoms with van der Waals surface area (Å²) >= 11 is 0. The number of carbonyl (C=O) groups excluding carboxylic acids is 3. The predicted octanol–water partition coefficient (Wildman–Crippen LogP) is 1.04. The number of halogens is 1. The highest BCUT2D eigenvalue weighted by Crippen LogP contribution is 2.34. The molecule has 118 valence electrons. The highest BCUT2D eigenvalue weighted by atomic mass is 35.5. The summed E-state index contributed by atoms with van der Waals surface area (Å²) in [6, 6.07) is -0.185. The molecule has 3 saturated heterocycles. The zero-order chi connectivity index (χ0) is 14.1. The number of amides is 4. The van der Waals surface area contributed by atoms with Crippen LogP contribution >= 0.6 is 12.4 Å². The van der Waals surface area contributed by atoms with Gasteiger partial charge in [0.1, 0.15) is 5.92 Å². The first kappa shape index (κ1) is 16.2. The predicted molar refractivity (Wildman–Crippen MR) is 79.0 cm³/mol. The molecule has 3 rings (SSSR count). The van der Waals surface area contributed by atoms with E-state index in [1.807, 2.05) is 0 Å². The van der Waals surface area contributed by atoms with Crippen molar-refractivity contribution in [3.63, 3.8) is 0 Å². The number of nitrogens with one attached hydrogen (secondary N) is 2. The Balaban J connectivity index is 0.00000161. The lowest BCUT2D eigenvalue weighted by molar-refractivity contribution is -0.137. The van der Waals surface area contributed by atoms with Gasteiger partial charge in [0.05, 0.1) is 0 Å². The van der Waals surface area contributed by atoms with Crippen LogP contribution in [0.15, 0.2) is 0 Å². The molecule has 4 amide bonds. The number of hydrogen-bond acceptors (Lipinski definition) is 4. The fourth-order valence-corrected chi connectivity index (χ4v) is 3.92. The van der Waals surface area contributed by atoms with Gasteiger partial charge in [-0.2, -0.15) is 0 Å². The van der Waals surface area contributed by atoms with Crippen molar-refractivity contribution in [1.29, 1.82) is 0 Å². The Morgan fingerprint density at radius 3 is 2.33 bits per heavy atom. The average molecular weight is 316 g/mol. The van der Waals surface area contributed by atoms with E-state index in [0.29, 0.717) is 18.4 Å². The molecule has 2 atom stereocenters. The smallest absolute Gasteiger partial charge is 0.300 e. The third-order valence-corrected chi connectivity index (χ3v) is 4.87. The van der Waals surface area contributed by atoms with Gasteiger partial charge in [-0.05, 0) is 51.1 Å². The van der Waals surface area contributed by atoms with Crippen molar-refractivity contribution in [2.75, 3.05) is 13.1 Å². The van der Waals surface area contributed by atoms with Gasteiger partial charge in [-0.15, -0.1) is 12.4 Å². The van der Waals surface area contributed by atoms with E-state index in [-0.39, 0.29) is 12.4 Å². The minimum atomic E-state index is -0.709. The highest BCUT2D eigenvalue weighted by Gasteiger charge is 2.40. The van der Waals surface area contributed by atoms with E-state index in [1.54, 1.807) is 0 Å². The van der Waals surface area contributed by atoms with Crippen LogP contribution in [-0.4, -0.2) is 41.9 Å². The molecule has 0 bridgehead atoms. The van der Waals surface area contributed by atoms with E-state index in [1.165, 1.54) is 19.3 Å². The van der Waals surface area contributed by atoms with Gasteiger partial charge in [-0.1, -0.05) is 6.42 Å². The first-order valence-electron chi connectivity index (χ1n) is 7.55. The number of hydrogen-bond donors (Lipinski definition) is 2. The average Bonchev–Trinajstić information content (AvgIpc) is 2.43. The van der Waals surface area contributed by atoms with Crippen LogP contribution in [0.2, 0.25) is 0 Å². The number of rotatable bonds is 2. The minimum Gasteiger partial charge on any atom is -0.300 e. The molecule has 7 heteroatoms. The maximum absolute atomic E-state index is 11.8. The minimum absolute atomic E-state index is 0. The number of carbonyl (C=O) groups is 3. The molecule has 0 saturated carbocycles. The van der Waals surface area contributed by atoms with Gasteiger partial charge >= 0.3 is 6.03 Å². The van der Waals surface area contributed by atoms with E-state index in [4.69, 9.17) is 0 Å². The monoisotopic (exact) mass is 315 g/mol. The van der Waals surface area contributed by atoms with Crippen molar-refractivity contribution < 1.29 is 14.4 Å². The second-order valence-corrected chi connectivity index (χ2v) is 6.10. The topological polar surface area (TPSA) is 78.5 Å². The Kier molecular flexibility index (Phi) is 5.22. The van der Waals surface area contributed by atoms with Crippen molar-refractivity contribution in [2.45, 2.75) is 44.6 Å². The summed E-state index contributed by atoms with van der Waals surface area (Å²) in [6.07, 6.45) is 6.43. The summed E-state index contributed by atoms with van der Waals surface area (Å²) in [5.74, 6) is -1.20. The molecule has 0 aromatic heterocycles. The number of fused-ring (bicyclic) bond motifs is 1. The standard InChI is InChI=1S/C14H21N3O3.ClH/c18-12-10(13(19)16-14(20)15-12)8-9-4-3-7-17-6-2-1-5-11(9)17;/h9-11H,1-8H2,(H2,15,16,18,19,20);1H. The fraction of sp³-hybridized carbons (Fsp3) is 0.786. The number of nitrogens with zero attached hydrogens (tertiary/aromatic N) is 1. The Bertz CT molecular complexity index is 421. The Hall–Kier alpha value is -1.14. The summed E-state index contributed by atoms with van der Waals surface area (Å²) in [5, 5.41) is 4.40. The molecule has 0 aromatic carbocycles. The van der Waals surface area contributed by atoms with Gasteiger partial charge in [-0.3, -0.25) is 20.2 Å². The molecule has 3 aliphatic rings. The second-order valence-electron chi connectivity index (χ2n) is 6.10. The van der Waals surface area contributed by atoms with Crippen molar-refractivity contribution >= 4 is 30.3 Å². The zero-order valence-corrected chi connectivity index (χ0v) is 12.8. The van der Waals surface area contributed by atoms with Crippen LogP contribution in [0, 0.1) is 11.8 Å². The van der Waals surface area contributed by atoms with Crippen LogP contribution in [-0.2, 0) is 9.59 Å². The molecule has 3 fully saturated rings. The first-order chi connectivity index (χ1) is 9.65. The molecule has 0 spiro atoms. The van der Waals surface area contributed by atoms with Crippen molar-refractivity contribution in [2.24, 2.45) is 11.8 Å². The van der Waals surface area contributed by atoms with Crippen LogP contribution in [0.1, 0.15) is 38.5 Å². The Labute approximate surface area is 130 Å². The van der Waals surface area contributed by atoms with Gasteiger partial charge in [0.15, 0.2) is 0 Å². The highest BCUT2D eigenvalue weighted by molar-refractivity contribution is 6.16. The summed E-state index contributed by atoms with van der Waals surface area (Å²) < 4.78 is 0. The van der Waals surface area contributed by atoms with Crippen molar-refractivity contribution in [1.82, 2.24) is 15.5 Å². The van der Waals surface area contributed by atoms with Gasteiger partial charge in [-0.25, -0.2) is 4.79 Å². The van der Waals surface area contributed by atoms with Crippen LogP contribution in [0.3, 0.4) is 0 Å². The molecular weight excluding hydrogens is 294 g/mol. The molecule has 3 heterocycles. The van der Waals surface area contributed by atoms with Crippen LogP contribution < -0.4 is 10.6 Å². The third kappa shape index (κ3) is 3.37. The van der Waals surface area contributed by atoms with Crippen LogP contribution in [0.5, 0.6) is 0 Å². The Morgan fingerprint density at radius 1 is 0.952 bits per heavy atom. The SMILES string of the molecule is Cl.O=C1NC(=O)C(CC2CCCN3CCCCC23)C(=O)N1. The number of piperidine rings is 2. The maximum Gasteiger partial charge on any atom is 0.328 e. The maximum atomic E-state index is 11.8. The van der Waals surface area contributed by atoms with E-state index in [0.717, 1.165) is 25.9 Å². The molecule has 0 aromatic rings. The second kappa shape index (κ2) is 6.75. The van der Waals surface area contributed by atoms with Crippen molar-refractivity contribution in [3.8, 4) is 0 Å². The van der Waals surface area contributed by atoms with Gasteiger partial charge in [0, 0.05) is 6.04 Å². The number of urea groups is 1. The van der Waals surface area contributed by atoms with E-state index >= 15 is 0 Å². The quantitative estimate of drug-likeness (QED) is 0.747. The molecule has 3 aliphatic heterocycles. The summed E-state index contributed by atoms with van der Waals surface area (Å²) in [5.41, 5.74) is 0. The molecule has 2 N–H and O–H groups in total. The van der Waals surface area contributed by atoms with E-state index in [2.05, 4.69) is 15.5 Å². The third-order valence-electron chi connectivity index (χ3n) is 4.87. The molecular formula is C14H22ClN3O3. The summed E-state index contributed by atoms with van der Waals surface area (Å²) in [7, 11) is 0.